The van der Waals surface area contributed by atoms with Crippen molar-refractivity contribution in [3.63, 3.8) is 0 Å². The monoisotopic (exact) mass is 452 g/mol. The summed E-state index contributed by atoms with van der Waals surface area (Å²) in [5, 5.41) is 11.8. The predicted molar refractivity (Wildman–Crippen MR) is 108 cm³/mol. The van der Waals surface area contributed by atoms with Crippen molar-refractivity contribution < 1.29 is 42.6 Å². The Morgan fingerprint density at radius 2 is 1.96 bits per heavy atom. The molecule has 1 radical (unpaired) electrons. The standard InChI is InChI=1S/C20H31N2O2S.Y/c1-5-6-7-8-14-21-22(20(24)16(2)3)18-11-9-17(10-12-18)19(23)13-15-25-4;/h7-12,16,19,21,23H,1,5-6,13-15H2,2-4H3;/q-1;/b8-7-;. The van der Waals surface area contributed by atoms with E-state index in [1.54, 1.807) is 16.8 Å². The van der Waals surface area contributed by atoms with Gasteiger partial charge in [0.1, 0.15) is 0 Å². The van der Waals surface area contributed by atoms with Gasteiger partial charge >= 0.3 is 0 Å². The Balaban J connectivity index is 0.00000625. The van der Waals surface area contributed by atoms with Gasteiger partial charge in [-0.25, -0.2) is 10.4 Å². The molecule has 0 aliphatic carbocycles. The summed E-state index contributed by atoms with van der Waals surface area (Å²) in [7, 11) is 0. The normalized spacial score (nSPS) is 12.2. The number of hydrazine groups is 1. The molecule has 1 aromatic carbocycles. The largest absolute Gasteiger partial charge is 0.388 e. The second-order valence-corrected chi connectivity index (χ2v) is 7.18. The van der Waals surface area contributed by atoms with Crippen LogP contribution in [0.4, 0.5) is 5.69 Å². The van der Waals surface area contributed by atoms with Crippen LogP contribution in [-0.2, 0) is 37.5 Å². The van der Waals surface area contributed by atoms with E-state index in [0.717, 1.165) is 36.3 Å². The van der Waals surface area contributed by atoms with E-state index in [2.05, 4.69) is 18.4 Å². The van der Waals surface area contributed by atoms with E-state index in [9.17, 15) is 9.90 Å². The third kappa shape index (κ3) is 9.14. The maximum absolute atomic E-state index is 12.5. The summed E-state index contributed by atoms with van der Waals surface area (Å²) in [6.07, 6.45) is 8.16. The third-order valence-electron chi connectivity index (χ3n) is 3.75. The van der Waals surface area contributed by atoms with Gasteiger partial charge in [0.15, 0.2) is 0 Å². The number of carbonyl (C=O) groups excluding carboxylic acids is 1. The van der Waals surface area contributed by atoms with E-state index < -0.39 is 6.10 Å². The maximum Gasteiger partial charge on any atom is 0.243 e. The third-order valence-corrected chi connectivity index (χ3v) is 4.39. The van der Waals surface area contributed by atoms with Crippen molar-refractivity contribution in [2.75, 3.05) is 23.6 Å². The number of anilines is 1. The first-order valence-electron chi connectivity index (χ1n) is 8.80. The van der Waals surface area contributed by atoms with Crippen LogP contribution in [0, 0.1) is 12.8 Å². The van der Waals surface area contributed by atoms with E-state index in [4.69, 9.17) is 0 Å². The fourth-order valence-corrected chi connectivity index (χ4v) is 2.72. The van der Waals surface area contributed by atoms with E-state index in [1.165, 1.54) is 0 Å². The van der Waals surface area contributed by atoms with Crippen molar-refractivity contribution in [2.24, 2.45) is 5.92 Å². The van der Waals surface area contributed by atoms with Gasteiger partial charge in [0.05, 0.1) is 11.8 Å². The van der Waals surface area contributed by atoms with Crippen LogP contribution in [0.2, 0.25) is 0 Å². The van der Waals surface area contributed by atoms with Gasteiger partial charge in [-0.3, -0.25) is 4.79 Å². The van der Waals surface area contributed by atoms with Crippen molar-refractivity contribution in [3.8, 4) is 0 Å². The minimum Gasteiger partial charge on any atom is -0.388 e. The van der Waals surface area contributed by atoms with Gasteiger partial charge in [-0.05, 0) is 36.1 Å². The summed E-state index contributed by atoms with van der Waals surface area (Å²) in [6.45, 7) is 8.15. The second kappa shape index (κ2) is 14.8. The molecule has 0 saturated heterocycles. The minimum atomic E-state index is -0.464. The van der Waals surface area contributed by atoms with Crippen molar-refractivity contribution in [1.29, 1.82) is 0 Å². The number of aliphatic hydroxyl groups is 1. The molecule has 0 aromatic heterocycles. The Kier molecular flexibility index (Phi) is 14.7. The summed E-state index contributed by atoms with van der Waals surface area (Å²) in [6, 6.07) is 7.54. The molecule has 0 aliphatic rings. The fraction of sp³-hybridized carbons (Fsp3) is 0.500. The van der Waals surface area contributed by atoms with Gasteiger partial charge in [-0.15, -0.1) is 0 Å². The van der Waals surface area contributed by atoms with E-state index >= 15 is 0 Å². The average Bonchev–Trinajstić information content (AvgIpc) is 2.62. The van der Waals surface area contributed by atoms with Gasteiger partial charge in [0.25, 0.3) is 0 Å². The molecule has 0 heterocycles. The fourth-order valence-electron chi connectivity index (χ4n) is 2.26. The second-order valence-electron chi connectivity index (χ2n) is 6.19. The molecule has 2 N–H and O–H groups in total. The Morgan fingerprint density at radius 3 is 2.50 bits per heavy atom. The number of amides is 1. The number of benzene rings is 1. The first-order chi connectivity index (χ1) is 12.0. The zero-order chi connectivity index (χ0) is 18.7. The Hall–Kier alpha value is -0.196. The number of hydrogen-bond donors (Lipinski definition) is 2. The summed E-state index contributed by atoms with van der Waals surface area (Å²) in [4.78, 5) is 12.5. The molecule has 1 rings (SSSR count). The molecule has 0 bridgehead atoms. The van der Waals surface area contributed by atoms with Gasteiger partial charge in [-0.2, -0.15) is 18.2 Å². The number of hydrogen-bond acceptors (Lipinski definition) is 4. The van der Waals surface area contributed by atoms with Crippen LogP contribution in [0.3, 0.4) is 0 Å². The molecule has 0 fully saturated rings. The Bertz CT molecular complexity index is 535. The molecule has 1 aromatic rings. The summed E-state index contributed by atoms with van der Waals surface area (Å²) < 4.78 is 0. The van der Waals surface area contributed by atoms with Gasteiger partial charge in [0.2, 0.25) is 5.91 Å². The van der Waals surface area contributed by atoms with Gasteiger partial charge < -0.3 is 12.0 Å². The number of thioether (sulfide) groups is 1. The number of rotatable bonds is 11. The Morgan fingerprint density at radius 1 is 1.31 bits per heavy atom. The molecule has 0 aliphatic heterocycles. The number of aliphatic hydroxyl groups excluding tert-OH is 1. The topological polar surface area (TPSA) is 52.6 Å². The van der Waals surface area contributed by atoms with Crippen LogP contribution in [0.1, 0.15) is 44.8 Å². The van der Waals surface area contributed by atoms with Gasteiger partial charge in [0, 0.05) is 45.2 Å². The quantitative estimate of drug-likeness (QED) is 0.301. The van der Waals surface area contributed by atoms with Crippen LogP contribution in [0.25, 0.3) is 0 Å². The number of allylic oxidation sites excluding steroid dienone is 1. The molecule has 0 saturated carbocycles. The van der Waals surface area contributed by atoms with Crippen molar-refractivity contribution in [3.05, 3.63) is 48.9 Å². The number of nitrogens with zero attached hydrogens (tertiary/aromatic N) is 1. The average molecular weight is 452 g/mol. The summed E-state index contributed by atoms with van der Waals surface area (Å²) in [5.41, 5.74) is 4.83. The molecule has 1 unspecified atom stereocenters. The zero-order valence-corrected chi connectivity index (χ0v) is 19.8. The van der Waals surface area contributed by atoms with Crippen LogP contribution in [-0.4, -0.2) is 29.6 Å². The SMILES string of the molecule is [CH2-]CC/C=C\CNN(C(=O)C(C)C)c1ccc(C(O)CCSC)cc1.[Y]. The molecule has 4 nitrogen and oxygen atoms in total. The molecule has 143 valence electrons. The van der Waals surface area contributed by atoms with Crippen LogP contribution >= 0.6 is 11.8 Å². The van der Waals surface area contributed by atoms with Crippen LogP contribution in [0.5, 0.6) is 0 Å². The maximum atomic E-state index is 12.5. The number of carbonyl (C=O) groups is 1. The van der Waals surface area contributed by atoms with E-state index in [1.807, 2.05) is 50.4 Å². The summed E-state index contributed by atoms with van der Waals surface area (Å²) >= 11 is 1.72. The first kappa shape index (κ1) is 25.8. The van der Waals surface area contributed by atoms with E-state index in [0.29, 0.717) is 6.54 Å². The number of nitrogens with one attached hydrogen (secondary N) is 1. The van der Waals surface area contributed by atoms with E-state index in [-0.39, 0.29) is 44.5 Å². The number of unbranched alkanes of at least 4 members (excludes halogenated alkanes) is 1. The molecular formula is C20H31N2O2SY-. The molecule has 1 atom stereocenters. The summed E-state index contributed by atoms with van der Waals surface area (Å²) in [5.74, 6) is 0.826. The van der Waals surface area contributed by atoms with Crippen LogP contribution < -0.4 is 10.4 Å². The molecule has 1 amide bonds. The van der Waals surface area contributed by atoms with Gasteiger partial charge in [-0.1, -0.05) is 44.6 Å². The Labute approximate surface area is 188 Å². The van der Waals surface area contributed by atoms with Crippen molar-refractivity contribution in [1.82, 2.24) is 5.43 Å². The predicted octanol–water partition coefficient (Wildman–Crippen LogP) is 4.13. The van der Waals surface area contributed by atoms with Crippen molar-refractivity contribution >= 4 is 23.4 Å². The van der Waals surface area contributed by atoms with Crippen LogP contribution in [0.15, 0.2) is 36.4 Å². The molecule has 26 heavy (non-hydrogen) atoms. The first-order valence-corrected chi connectivity index (χ1v) is 10.2. The smallest absolute Gasteiger partial charge is 0.243 e. The minimum absolute atomic E-state index is 0. The zero-order valence-electron chi connectivity index (χ0n) is 16.1. The molecule has 6 heteroatoms. The van der Waals surface area contributed by atoms with Crippen molar-refractivity contribution in [2.45, 2.75) is 39.2 Å². The molecule has 0 spiro atoms. The molecular weight excluding hydrogens is 421 g/mol.